The van der Waals surface area contributed by atoms with Gasteiger partial charge in [0.25, 0.3) is 5.91 Å². The highest BCUT2D eigenvalue weighted by Crippen LogP contribution is 2.38. The van der Waals surface area contributed by atoms with Crippen LogP contribution in [0.15, 0.2) is 36.4 Å². The van der Waals surface area contributed by atoms with Gasteiger partial charge in [-0.15, -0.1) is 0 Å². The molecule has 1 aliphatic rings. The summed E-state index contributed by atoms with van der Waals surface area (Å²) in [5.41, 5.74) is 3.46. The largest absolute Gasteiger partial charge is 0.493 e. The maximum absolute atomic E-state index is 13.8. The van der Waals surface area contributed by atoms with E-state index < -0.39 is 11.0 Å². The first-order valence-corrected chi connectivity index (χ1v) is 12.9. The standard InChI is InChI=1S/C26H37N3O4S/c1-8-33-23-14-18(12-13-22(23)32-7)21(16-34(31)28(5)6)29-15-19-10-9-11-20(24(19)25(29)30)27-17-26(2,3)4/h9-14,21,27H,8,15-17H2,1-7H3. The number of ether oxygens (including phenoxy) is 2. The van der Waals surface area contributed by atoms with Gasteiger partial charge in [0.2, 0.25) is 0 Å². The number of nitrogens with zero attached hydrogens (tertiary/aromatic N) is 2. The molecule has 2 aromatic rings. The lowest BCUT2D eigenvalue weighted by molar-refractivity contribution is 0.0718. The van der Waals surface area contributed by atoms with Crippen molar-refractivity contribution in [3.05, 3.63) is 53.1 Å². The zero-order valence-electron chi connectivity index (χ0n) is 21.3. The number of anilines is 1. The zero-order valence-corrected chi connectivity index (χ0v) is 22.1. The van der Waals surface area contributed by atoms with E-state index in [4.69, 9.17) is 9.47 Å². The van der Waals surface area contributed by atoms with Crippen molar-refractivity contribution in [1.82, 2.24) is 9.21 Å². The molecule has 186 valence electrons. The molecule has 2 unspecified atom stereocenters. The summed E-state index contributed by atoms with van der Waals surface area (Å²) in [6, 6.07) is 11.2. The number of carbonyl (C=O) groups excluding carboxylic acids is 1. The number of methoxy groups -OCH3 is 1. The molecule has 7 nitrogen and oxygen atoms in total. The summed E-state index contributed by atoms with van der Waals surface area (Å²) in [5, 5.41) is 3.46. The van der Waals surface area contributed by atoms with Gasteiger partial charge in [-0.1, -0.05) is 39.0 Å². The van der Waals surface area contributed by atoms with E-state index in [0.717, 1.165) is 23.4 Å². The van der Waals surface area contributed by atoms with Crippen LogP contribution < -0.4 is 14.8 Å². The highest BCUT2D eigenvalue weighted by molar-refractivity contribution is 7.82. The summed E-state index contributed by atoms with van der Waals surface area (Å²) in [5.74, 6) is 1.47. The van der Waals surface area contributed by atoms with Crippen molar-refractivity contribution in [3.8, 4) is 11.5 Å². The summed E-state index contributed by atoms with van der Waals surface area (Å²) in [7, 11) is 3.89. The van der Waals surface area contributed by atoms with Crippen molar-refractivity contribution in [2.75, 3.05) is 45.4 Å². The fourth-order valence-corrected chi connectivity index (χ4v) is 4.90. The maximum atomic E-state index is 13.8. The molecule has 0 spiro atoms. The lowest BCUT2D eigenvalue weighted by atomic mass is 9.96. The Balaban J connectivity index is 2.00. The molecule has 2 atom stereocenters. The summed E-state index contributed by atoms with van der Waals surface area (Å²) >= 11 is 0. The molecule has 0 radical (unpaired) electrons. The number of nitrogens with one attached hydrogen (secondary N) is 1. The van der Waals surface area contributed by atoms with Crippen LogP contribution in [0.1, 0.15) is 55.2 Å². The first kappa shape index (κ1) is 26.0. The number of hydrogen-bond acceptors (Lipinski definition) is 5. The molecule has 34 heavy (non-hydrogen) atoms. The Kier molecular flexibility index (Phi) is 8.25. The molecular formula is C26H37N3O4S. The fraction of sp³-hybridized carbons (Fsp3) is 0.500. The van der Waals surface area contributed by atoms with Crippen LogP contribution in [-0.2, 0) is 17.5 Å². The van der Waals surface area contributed by atoms with Gasteiger partial charge in [0, 0.05) is 18.8 Å². The Morgan fingerprint density at radius 2 is 1.91 bits per heavy atom. The second-order valence-corrected chi connectivity index (χ2v) is 11.6. The predicted molar refractivity (Wildman–Crippen MR) is 138 cm³/mol. The molecule has 0 fully saturated rings. The smallest absolute Gasteiger partial charge is 0.257 e. The number of benzene rings is 2. The summed E-state index contributed by atoms with van der Waals surface area (Å²) in [4.78, 5) is 15.6. The van der Waals surface area contributed by atoms with Gasteiger partial charge in [0.1, 0.15) is 0 Å². The van der Waals surface area contributed by atoms with Gasteiger partial charge in [-0.05, 0) is 55.8 Å². The third-order valence-electron chi connectivity index (χ3n) is 5.73. The van der Waals surface area contributed by atoms with Gasteiger partial charge in [-0.2, -0.15) is 0 Å². The van der Waals surface area contributed by atoms with Crippen LogP contribution in [0.3, 0.4) is 0 Å². The average molecular weight is 488 g/mol. The van der Waals surface area contributed by atoms with E-state index in [1.54, 1.807) is 25.5 Å². The van der Waals surface area contributed by atoms with E-state index in [9.17, 15) is 9.00 Å². The van der Waals surface area contributed by atoms with Crippen LogP contribution in [0, 0.1) is 5.41 Å². The van der Waals surface area contributed by atoms with Crippen LogP contribution >= 0.6 is 0 Å². The zero-order chi connectivity index (χ0) is 25.0. The first-order chi connectivity index (χ1) is 16.1. The molecule has 0 aromatic heterocycles. The second kappa shape index (κ2) is 10.8. The number of amides is 1. The molecule has 1 amide bonds. The van der Waals surface area contributed by atoms with Crippen molar-refractivity contribution in [2.24, 2.45) is 5.41 Å². The molecule has 0 bridgehead atoms. The minimum absolute atomic E-state index is 0.0541. The number of rotatable bonds is 10. The third-order valence-corrected chi connectivity index (χ3v) is 7.15. The lowest BCUT2D eigenvalue weighted by Crippen LogP contribution is -2.35. The molecule has 1 aliphatic heterocycles. The minimum atomic E-state index is -1.26. The monoisotopic (exact) mass is 487 g/mol. The highest BCUT2D eigenvalue weighted by atomic mass is 32.2. The van der Waals surface area contributed by atoms with Gasteiger partial charge < -0.3 is 19.7 Å². The topological polar surface area (TPSA) is 71.1 Å². The van der Waals surface area contributed by atoms with Gasteiger partial charge in [0.15, 0.2) is 11.5 Å². The van der Waals surface area contributed by atoms with Gasteiger partial charge in [-0.25, -0.2) is 8.51 Å². The van der Waals surface area contributed by atoms with Crippen molar-refractivity contribution in [1.29, 1.82) is 0 Å². The Morgan fingerprint density at radius 3 is 2.53 bits per heavy atom. The molecule has 0 saturated carbocycles. The molecular weight excluding hydrogens is 450 g/mol. The van der Waals surface area contributed by atoms with Crippen LogP contribution in [0.2, 0.25) is 0 Å². The summed E-state index contributed by atoms with van der Waals surface area (Å²) < 4.78 is 25.8. The molecule has 2 aromatic carbocycles. The molecule has 1 N–H and O–H groups in total. The van der Waals surface area contributed by atoms with Crippen LogP contribution in [0.4, 0.5) is 5.69 Å². The van der Waals surface area contributed by atoms with Crippen LogP contribution in [0.25, 0.3) is 0 Å². The molecule has 1 heterocycles. The predicted octanol–water partition coefficient (Wildman–Crippen LogP) is 4.47. The van der Waals surface area contributed by atoms with Crippen molar-refractivity contribution in [2.45, 2.75) is 40.3 Å². The third kappa shape index (κ3) is 5.91. The Morgan fingerprint density at radius 1 is 1.18 bits per heavy atom. The van der Waals surface area contributed by atoms with Crippen LogP contribution in [-0.4, -0.2) is 59.4 Å². The highest BCUT2D eigenvalue weighted by Gasteiger charge is 2.37. The Bertz CT molecular complexity index is 1050. The second-order valence-electron chi connectivity index (χ2n) is 9.85. The van der Waals surface area contributed by atoms with Crippen molar-refractivity contribution < 1.29 is 18.5 Å². The van der Waals surface area contributed by atoms with E-state index in [1.165, 1.54) is 0 Å². The number of fused-ring (bicyclic) bond motifs is 1. The Hall–Kier alpha value is -2.58. The van der Waals surface area contributed by atoms with Crippen LogP contribution in [0.5, 0.6) is 11.5 Å². The lowest BCUT2D eigenvalue weighted by Gasteiger charge is -2.29. The van der Waals surface area contributed by atoms with E-state index in [-0.39, 0.29) is 23.1 Å². The van der Waals surface area contributed by atoms with E-state index in [2.05, 4.69) is 26.1 Å². The molecule has 8 heteroatoms. The quantitative estimate of drug-likeness (QED) is 0.535. The van der Waals surface area contributed by atoms with Gasteiger partial charge >= 0.3 is 0 Å². The first-order valence-electron chi connectivity index (χ1n) is 11.6. The molecule has 0 aliphatic carbocycles. The summed E-state index contributed by atoms with van der Waals surface area (Å²) in [6.45, 7) is 10.1. The van der Waals surface area contributed by atoms with E-state index in [0.29, 0.717) is 30.2 Å². The molecule has 3 rings (SSSR count). The average Bonchev–Trinajstić information content (AvgIpc) is 3.12. The fourth-order valence-electron chi connectivity index (χ4n) is 3.96. The normalized spacial score (nSPS) is 15.3. The van der Waals surface area contributed by atoms with Crippen molar-refractivity contribution >= 4 is 22.6 Å². The van der Waals surface area contributed by atoms with E-state index >= 15 is 0 Å². The number of carbonyl (C=O) groups is 1. The minimum Gasteiger partial charge on any atom is -0.493 e. The number of hydrogen-bond donors (Lipinski definition) is 1. The van der Waals surface area contributed by atoms with Gasteiger partial charge in [-0.3, -0.25) is 4.79 Å². The van der Waals surface area contributed by atoms with Gasteiger partial charge in [0.05, 0.1) is 42.1 Å². The van der Waals surface area contributed by atoms with E-state index in [1.807, 2.05) is 48.2 Å². The maximum Gasteiger partial charge on any atom is 0.257 e. The SMILES string of the molecule is CCOc1cc(C(CS(=O)N(C)C)N2Cc3cccc(NCC(C)(C)C)c3C2=O)ccc1OC. The molecule has 0 saturated heterocycles. The Labute approximate surface area is 206 Å². The van der Waals surface area contributed by atoms with Crippen molar-refractivity contribution in [3.63, 3.8) is 0 Å². The summed E-state index contributed by atoms with van der Waals surface area (Å²) in [6.07, 6.45) is 0.